The largest absolute Gasteiger partial charge is 0.507 e. The number of hydrogen-bond donors (Lipinski definition) is 1. The minimum absolute atomic E-state index is 0.0986. The molecular formula is C17H12N2O2S2. The van der Waals surface area contributed by atoms with Crippen LogP contribution in [0.15, 0.2) is 64.6 Å². The molecule has 0 saturated carbocycles. The fourth-order valence-corrected chi connectivity index (χ4v) is 3.15. The van der Waals surface area contributed by atoms with Gasteiger partial charge in [-0.2, -0.15) is 10.1 Å². The summed E-state index contributed by atoms with van der Waals surface area (Å²) in [6.45, 7) is 0. The average molecular weight is 340 g/mol. The Morgan fingerprint density at radius 1 is 1.09 bits per heavy atom. The third-order valence-corrected chi connectivity index (χ3v) is 4.40. The summed E-state index contributed by atoms with van der Waals surface area (Å²) in [6.07, 6.45) is 3.21. The van der Waals surface area contributed by atoms with Gasteiger partial charge < -0.3 is 5.11 Å². The van der Waals surface area contributed by atoms with Gasteiger partial charge in [-0.25, -0.2) is 0 Å². The van der Waals surface area contributed by atoms with Crippen LogP contribution in [0, 0.1) is 0 Å². The summed E-state index contributed by atoms with van der Waals surface area (Å²) in [7, 11) is 0. The average Bonchev–Trinajstić information content (AvgIpc) is 2.82. The molecule has 3 rings (SSSR count). The molecule has 114 valence electrons. The van der Waals surface area contributed by atoms with Gasteiger partial charge in [0, 0.05) is 5.56 Å². The monoisotopic (exact) mass is 340 g/mol. The van der Waals surface area contributed by atoms with E-state index in [9.17, 15) is 9.90 Å². The molecule has 2 aromatic carbocycles. The van der Waals surface area contributed by atoms with Gasteiger partial charge in [0.25, 0.3) is 5.91 Å². The van der Waals surface area contributed by atoms with E-state index in [0.29, 0.717) is 14.8 Å². The summed E-state index contributed by atoms with van der Waals surface area (Å²) < 4.78 is 0.365. The van der Waals surface area contributed by atoms with Gasteiger partial charge in [-0.05, 0) is 36.0 Å². The van der Waals surface area contributed by atoms with E-state index in [-0.39, 0.29) is 11.7 Å². The zero-order valence-electron chi connectivity index (χ0n) is 11.9. The Bertz CT molecular complexity index is 816. The smallest absolute Gasteiger partial charge is 0.286 e. The number of hydrazone groups is 1. The lowest BCUT2D eigenvalue weighted by atomic mass is 10.2. The zero-order chi connectivity index (χ0) is 16.2. The minimum Gasteiger partial charge on any atom is -0.507 e. The zero-order valence-corrected chi connectivity index (χ0v) is 13.6. The number of benzene rings is 2. The summed E-state index contributed by atoms with van der Waals surface area (Å²) in [5.74, 6) is -0.169. The van der Waals surface area contributed by atoms with Gasteiger partial charge in [0.2, 0.25) is 0 Å². The molecule has 2 aromatic rings. The molecule has 1 aliphatic heterocycles. The molecule has 1 saturated heterocycles. The van der Waals surface area contributed by atoms with Gasteiger partial charge in [0.15, 0.2) is 4.32 Å². The Morgan fingerprint density at radius 2 is 1.78 bits per heavy atom. The maximum absolute atomic E-state index is 12.4. The summed E-state index contributed by atoms with van der Waals surface area (Å²) in [6, 6.07) is 16.3. The van der Waals surface area contributed by atoms with Crippen LogP contribution in [0.3, 0.4) is 0 Å². The fourth-order valence-electron chi connectivity index (χ4n) is 1.98. The maximum Gasteiger partial charge on any atom is 0.286 e. The van der Waals surface area contributed by atoms with E-state index >= 15 is 0 Å². The van der Waals surface area contributed by atoms with E-state index < -0.39 is 0 Å². The second-order valence-corrected chi connectivity index (χ2v) is 6.38. The Kier molecular flexibility index (Phi) is 4.55. The molecule has 0 aromatic heterocycles. The van der Waals surface area contributed by atoms with Crippen molar-refractivity contribution in [2.24, 2.45) is 5.10 Å². The van der Waals surface area contributed by atoms with Crippen LogP contribution in [0.4, 0.5) is 0 Å². The number of thioether (sulfide) groups is 1. The molecule has 6 heteroatoms. The third-order valence-electron chi connectivity index (χ3n) is 3.12. The van der Waals surface area contributed by atoms with Crippen molar-refractivity contribution in [2.75, 3.05) is 0 Å². The van der Waals surface area contributed by atoms with Crippen LogP contribution in [-0.4, -0.2) is 26.6 Å². The lowest BCUT2D eigenvalue weighted by Gasteiger charge is -2.06. The predicted molar refractivity (Wildman–Crippen MR) is 97.2 cm³/mol. The van der Waals surface area contributed by atoms with Crippen LogP contribution < -0.4 is 0 Å². The maximum atomic E-state index is 12.4. The van der Waals surface area contributed by atoms with Crippen LogP contribution in [0.2, 0.25) is 0 Å². The van der Waals surface area contributed by atoms with Crippen LogP contribution in [0.1, 0.15) is 11.1 Å². The Hall–Kier alpha value is -2.44. The fraction of sp³-hybridized carbons (Fsp3) is 0. The summed E-state index contributed by atoms with van der Waals surface area (Å²) in [4.78, 5) is 12.9. The number of carbonyl (C=O) groups is 1. The highest BCUT2D eigenvalue weighted by atomic mass is 32.2. The van der Waals surface area contributed by atoms with Crippen LogP contribution in [-0.2, 0) is 4.79 Å². The molecule has 1 N–H and O–H groups in total. The molecule has 1 fully saturated rings. The van der Waals surface area contributed by atoms with Crippen molar-refractivity contribution in [3.63, 3.8) is 0 Å². The minimum atomic E-state index is -0.268. The Labute approximate surface area is 143 Å². The molecule has 1 heterocycles. The normalized spacial score (nSPS) is 16.7. The van der Waals surface area contributed by atoms with Gasteiger partial charge in [0.1, 0.15) is 5.75 Å². The number of para-hydroxylation sites is 1. The van der Waals surface area contributed by atoms with E-state index in [2.05, 4.69) is 5.10 Å². The first kappa shape index (κ1) is 15.5. The van der Waals surface area contributed by atoms with Gasteiger partial charge in [-0.1, -0.05) is 54.2 Å². The second kappa shape index (κ2) is 6.76. The van der Waals surface area contributed by atoms with Gasteiger partial charge in [-0.15, -0.1) is 0 Å². The van der Waals surface area contributed by atoms with E-state index in [0.717, 1.165) is 5.56 Å². The number of amides is 1. The highest BCUT2D eigenvalue weighted by Gasteiger charge is 2.32. The number of carbonyl (C=O) groups excluding carboxylic acids is 1. The van der Waals surface area contributed by atoms with Crippen molar-refractivity contribution >= 4 is 46.5 Å². The number of aromatic hydroxyl groups is 1. The summed E-state index contributed by atoms with van der Waals surface area (Å²) in [5.41, 5.74) is 1.45. The SMILES string of the molecule is O=C1C(=Cc2ccccc2)SC(=S)N1/N=C/c1ccccc1O. The quantitative estimate of drug-likeness (QED) is 0.527. The van der Waals surface area contributed by atoms with Crippen molar-refractivity contribution in [1.29, 1.82) is 0 Å². The molecule has 0 radical (unpaired) electrons. The lowest BCUT2D eigenvalue weighted by molar-refractivity contribution is -0.122. The van der Waals surface area contributed by atoms with Gasteiger partial charge >= 0.3 is 0 Å². The number of hydrogen-bond acceptors (Lipinski definition) is 5. The molecule has 23 heavy (non-hydrogen) atoms. The van der Waals surface area contributed by atoms with Crippen LogP contribution >= 0.6 is 24.0 Å². The van der Waals surface area contributed by atoms with E-state index in [4.69, 9.17) is 12.2 Å². The second-order valence-electron chi connectivity index (χ2n) is 4.71. The van der Waals surface area contributed by atoms with E-state index in [1.54, 1.807) is 30.3 Å². The molecule has 0 unspecified atom stereocenters. The van der Waals surface area contributed by atoms with E-state index in [1.165, 1.54) is 23.0 Å². The Balaban J connectivity index is 1.82. The highest BCUT2D eigenvalue weighted by Crippen LogP contribution is 2.32. The predicted octanol–water partition coefficient (Wildman–Crippen LogP) is 3.63. The highest BCUT2D eigenvalue weighted by molar-refractivity contribution is 8.26. The lowest BCUT2D eigenvalue weighted by Crippen LogP contribution is -2.22. The molecule has 1 amide bonds. The topological polar surface area (TPSA) is 52.9 Å². The number of rotatable bonds is 3. The van der Waals surface area contributed by atoms with E-state index in [1.807, 2.05) is 30.3 Å². The Morgan fingerprint density at radius 3 is 2.52 bits per heavy atom. The first-order valence-electron chi connectivity index (χ1n) is 6.80. The van der Waals surface area contributed by atoms with Crippen molar-refractivity contribution in [2.45, 2.75) is 0 Å². The van der Waals surface area contributed by atoms with Gasteiger partial charge in [0.05, 0.1) is 11.1 Å². The first-order valence-corrected chi connectivity index (χ1v) is 8.02. The summed E-state index contributed by atoms with van der Waals surface area (Å²) >= 11 is 6.42. The van der Waals surface area contributed by atoms with Crippen molar-refractivity contribution in [3.8, 4) is 5.75 Å². The van der Waals surface area contributed by atoms with Crippen molar-refractivity contribution < 1.29 is 9.90 Å². The summed E-state index contributed by atoms with van der Waals surface area (Å²) in [5, 5.41) is 15.0. The van der Waals surface area contributed by atoms with Crippen LogP contribution in [0.5, 0.6) is 5.75 Å². The van der Waals surface area contributed by atoms with Gasteiger partial charge in [-0.3, -0.25) is 4.79 Å². The number of nitrogens with zero attached hydrogens (tertiary/aromatic N) is 2. The molecule has 4 nitrogen and oxygen atoms in total. The molecular weight excluding hydrogens is 328 g/mol. The van der Waals surface area contributed by atoms with Crippen molar-refractivity contribution in [3.05, 3.63) is 70.6 Å². The molecule has 1 aliphatic rings. The molecule has 0 spiro atoms. The van der Waals surface area contributed by atoms with Crippen molar-refractivity contribution in [1.82, 2.24) is 5.01 Å². The standard InChI is InChI=1S/C17H12N2O2S2/c20-14-9-5-4-8-13(14)11-18-19-16(21)15(23-17(19)22)10-12-6-2-1-3-7-12/h1-11,20H/b15-10?,18-11+. The number of phenols is 1. The number of phenolic OH excluding ortho intramolecular Hbond substituents is 1. The van der Waals surface area contributed by atoms with Crippen LogP contribution in [0.25, 0.3) is 6.08 Å². The number of thiocarbonyl (C=S) groups is 1. The molecule has 0 aliphatic carbocycles. The molecule has 0 atom stereocenters. The third kappa shape index (κ3) is 3.49. The first-order chi connectivity index (χ1) is 11.1. The molecule has 0 bridgehead atoms.